The molecule has 1 aromatic heterocycles. The van der Waals surface area contributed by atoms with Crippen LogP contribution >= 0.6 is 11.7 Å². The zero-order valence-corrected chi connectivity index (χ0v) is 19.0. The van der Waals surface area contributed by atoms with Gasteiger partial charge in [-0.25, -0.2) is 13.6 Å². The van der Waals surface area contributed by atoms with E-state index in [2.05, 4.69) is 8.75 Å². The molecule has 0 spiro atoms. The number of carbonyl (C=O) groups excluding carboxylic acids is 1. The van der Waals surface area contributed by atoms with Crippen LogP contribution in [0.1, 0.15) is 11.1 Å². The van der Waals surface area contributed by atoms with E-state index in [1.165, 1.54) is 11.1 Å². The van der Waals surface area contributed by atoms with Gasteiger partial charge in [0, 0.05) is 24.4 Å². The number of hydrogen-bond acceptors (Lipinski definition) is 7. The summed E-state index contributed by atoms with van der Waals surface area (Å²) in [4.78, 5) is 15.5. The second-order valence-corrected chi connectivity index (χ2v) is 8.72. The van der Waals surface area contributed by atoms with E-state index in [1.54, 1.807) is 29.2 Å². The molecule has 2 aromatic carbocycles. The highest BCUT2D eigenvalue weighted by atomic mass is 32.1. The van der Waals surface area contributed by atoms with Crippen molar-refractivity contribution in [3.8, 4) is 5.88 Å². The molecular weight excluding hydrogens is 462 g/mol. The lowest BCUT2D eigenvalue weighted by Gasteiger charge is -2.30. The predicted molar refractivity (Wildman–Crippen MR) is 124 cm³/mol. The summed E-state index contributed by atoms with van der Waals surface area (Å²) in [6.07, 6.45) is -0.906. The molecule has 1 saturated heterocycles. The fourth-order valence-electron chi connectivity index (χ4n) is 4.17. The van der Waals surface area contributed by atoms with Crippen molar-refractivity contribution in [1.29, 1.82) is 0 Å². The minimum atomic E-state index is -1.44. The Balaban J connectivity index is 1.23. The molecule has 1 fully saturated rings. The molecule has 7 nitrogen and oxygen atoms in total. The molecule has 0 radical (unpaired) electrons. The Morgan fingerprint density at radius 3 is 2.62 bits per heavy atom. The molecule has 0 bridgehead atoms. The minimum absolute atomic E-state index is 0.0566. The van der Waals surface area contributed by atoms with Gasteiger partial charge in [-0.15, -0.1) is 4.37 Å². The zero-order valence-electron chi connectivity index (χ0n) is 18.1. The molecule has 0 saturated carbocycles. The van der Waals surface area contributed by atoms with Crippen LogP contribution in [0.5, 0.6) is 5.88 Å². The lowest BCUT2D eigenvalue weighted by molar-refractivity contribution is 0.103. The molecule has 0 N–H and O–H groups in total. The number of nitrogens with zero attached hydrogens (tertiary/aromatic N) is 4. The van der Waals surface area contributed by atoms with Crippen LogP contribution in [-0.4, -0.2) is 58.3 Å². The maximum Gasteiger partial charge on any atom is 0.414 e. The summed E-state index contributed by atoms with van der Waals surface area (Å²) in [5, 5.41) is 0. The van der Waals surface area contributed by atoms with Crippen molar-refractivity contribution in [2.75, 3.05) is 31.1 Å². The van der Waals surface area contributed by atoms with Gasteiger partial charge in [0.1, 0.15) is 24.8 Å². The van der Waals surface area contributed by atoms with Gasteiger partial charge in [0.15, 0.2) is 6.10 Å². The summed E-state index contributed by atoms with van der Waals surface area (Å²) >= 11 is 1.03. The molecule has 34 heavy (non-hydrogen) atoms. The Morgan fingerprint density at radius 2 is 1.91 bits per heavy atom. The number of cyclic esters (lactones) is 1. The molecule has 176 valence electrons. The highest BCUT2D eigenvalue weighted by Crippen LogP contribution is 2.33. The van der Waals surface area contributed by atoms with Crippen LogP contribution in [0.2, 0.25) is 0 Å². The quantitative estimate of drug-likeness (QED) is 0.493. The van der Waals surface area contributed by atoms with Gasteiger partial charge in [0.2, 0.25) is 5.88 Å². The molecule has 0 aliphatic carbocycles. The van der Waals surface area contributed by atoms with Crippen LogP contribution in [0.15, 0.2) is 66.6 Å². The Kier molecular flexibility index (Phi) is 6.50. The van der Waals surface area contributed by atoms with Crippen LogP contribution in [0.3, 0.4) is 0 Å². The average molecular weight is 485 g/mol. The monoisotopic (exact) mass is 484 g/mol. The Bertz CT molecular complexity index is 1160. The highest BCUT2D eigenvalue weighted by molar-refractivity contribution is 6.99. The van der Waals surface area contributed by atoms with E-state index >= 15 is 4.39 Å². The molecule has 3 aromatic rings. The van der Waals surface area contributed by atoms with E-state index < -0.39 is 24.2 Å². The average Bonchev–Trinajstić information content (AvgIpc) is 3.48. The van der Waals surface area contributed by atoms with Crippen molar-refractivity contribution in [3.63, 3.8) is 0 Å². The summed E-state index contributed by atoms with van der Waals surface area (Å²) < 4.78 is 48.6. The molecule has 2 aliphatic rings. The number of carbonyl (C=O) groups is 1. The number of rotatable bonds is 7. The first kappa shape index (κ1) is 22.4. The normalized spacial score (nSPS) is 21.1. The van der Waals surface area contributed by atoms with Crippen LogP contribution in [0, 0.1) is 0 Å². The van der Waals surface area contributed by atoms with Crippen molar-refractivity contribution < 1.29 is 23.0 Å². The summed E-state index contributed by atoms with van der Waals surface area (Å²) in [7, 11) is 0. The zero-order chi connectivity index (χ0) is 23.5. The Labute approximate surface area is 199 Å². The lowest BCUT2D eigenvalue weighted by Crippen LogP contribution is -2.36. The number of amides is 1. The molecule has 3 heterocycles. The van der Waals surface area contributed by atoms with Crippen molar-refractivity contribution in [2.45, 2.75) is 18.8 Å². The second kappa shape index (κ2) is 9.86. The number of halogens is 2. The van der Waals surface area contributed by atoms with Crippen molar-refractivity contribution in [2.24, 2.45) is 0 Å². The number of ether oxygens (including phenoxy) is 2. The van der Waals surface area contributed by atoms with Gasteiger partial charge in [-0.1, -0.05) is 42.5 Å². The number of hydrogen-bond donors (Lipinski definition) is 0. The van der Waals surface area contributed by atoms with Crippen molar-refractivity contribution in [3.05, 3.63) is 77.7 Å². The van der Waals surface area contributed by atoms with E-state index in [0.717, 1.165) is 17.3 Å². The SMILES string of the molecule is O=C1O[C@@H](COc2cnsn2)CN1c1ccc(C2=C(F)CN(Cc3ccccc3)CC2F)cc1. The van der Waals surface area contributed by atoms with E-state index in [9.17, 15) is 9.18 Å². The standard InChI is InChI=1S/C24H22F2N4O3S/c25-20-13-29(11-16-4-2-1-3-5-16)14-21(26)23(20)17-6-8-18(9-7-17)30-12-19(33-24(30)31)15-32-22-10-27-34-28-22/h1-10,19-20H,11-15H2/t19-,20?/m1/s1. The Hall–Kier alpha value is -3.37. The van der Waals surface area contributed by atoms with Gasteiger partial charge in [-0.3, -0.25) is 9.80 Å². The summed E-state index contributed by atoms with van der Waals surface area (Å²) in [5.41, 5.74) is 2.14. The first-order valence-corrected chi connectivity index (χ1v) is 11.6. The molecule has 10 heteroatoms. The third-order valence-electron chi connectivity index (χ3n) is 5.76. The van der Waals surface area contributed by atoms with Gasteiger partial charge in [-0.2, -0.15) is 4.37 Å². The molecule has 2 atom stereocenters. The minimum Gasteiger partial charge on any atom is -0.472 e. The van der Waals surface area contributed by atoms with Gasteiger partial charge >= 0.3 is 6.09 Å². The Morgan fingerprint density at radius 1 is 1.12 bits per heavy atom. The number of benzene rings is 2. The first-order chi connectivity index (χ1) is 16.6. The first-order valence-electron chi connectivity index (χ1n) is 10.8. The van der Waals surface area contributed by atoms with E-state index in [0.29, 0.717) is 30.2 Å². The van der Waals surface area contributed by atoms with E-state index in [1.807, 2.05) is 30.3 Å². The molecule has 1 unspecified atom stereocenters. The fraction of sp³-hybridized carbons (Fsp3) is 0.292. The van der Waals surface area contributed by atoms with Gasteiger partial charge in [0.25, 0.3) is 0 Å². The van der Waals surface area contributed by atoms with Crippen molar-refractivity contribution in [1.82, 2.24) is 13.6 Å². The maximum absolute atomic E-state index is 15.0. The smallest absolute Gasteiger partial charge is 0.414 e. The molecule has 2 aliphatic heterocycles. The summed E-state index contributed by atoms with van der Waals surface area (Å²) in [6, 6.07) is 16.3. The fourth-order valence-corrected chi connectivity index (χ4v) is 4.54. The molecular formula is C24H22F2N4O3S. The highest BCUT2D eigenvalue weighted by Gasteiger charge is 2.34. The van der Waals surface area contributed by atoms with E-state index in [4.69, 9.17) is 9.47 Å². The largest absolute Gasteiger partial charge is 0.472 e. The summed E-state index contributed by atoms with van der Waals surface area (Å²) in [6.45, 7) is 1.12. The van der Waals surface area contributed by atoms with Crippen LogP contribution in [0.4, 0.5) is 19.3 Å². The lowest BCUT2D eigenvalue weighted by atomic mass is 9.96. The van der Waals surface area contributed by atoms with Gasteiger partial charge in [-0.05, 0) is 23.3 Å². The second-order valence-electron chi connectivity index (χ2n) is 8.16. The molecule has 5 rings (SSSR count). The van der Waals surface area contributed by atoms with Crippen LogP contribution < -0.4 is 9.64 Å². The maximum atomic E-state index is 15.0. The topological polar surface area (TPSA) is 67.8 Å². The number of alkyl halides is 1. The number of aromatic nitrogens is 2. The van der Waals surface area contributed by atoms with E-state index in [-0.39, 0.29) is 25.3 Å². The summed E-state index contributed by atoms with van der Waals surface area (Å²) in [5.74, 6) is -0.0912. The molecule has 1 amide bonds. The van der Waals surface area contributed by atoms with Gasteiger partial charge < -0.3 is 9.47 Å². The third kappa shape index (κ3) is 4.92. The van der Waals surface area contributed by atoms with Crippen LogP contribution in [0.25, 0.3) is 5.57 Å². The van der Waals surface area contributed by atoms with Gasteiger partial charge in [0.05, 0.1) is 24.8 Å². The van der Waals surface area contributed by atoms with Crippen molar-refractivity contribution >= 4 is 29.1 Å². The third-order valence-corrected chi connectivity index (χ3v) is 6.22. The number of anilines is 1. The predicted octanol–water partition coefficient (Wildman–Crippen LogP) is 4.48. The van der Waals surface area contributed by atoms with Crippen LogP contribution in [-0.2, 0) is 11.3 Å².